The highest BCUT2D eigenvalue weighted by Crippen LogP contribution is 2.20. The Morgan fingerprint density at radius 1 is 1.22 bits per heavy atom. The summed E-state index contributed by atoms with van der Waals surface area (Å²) in [5, 5.41) is 2.82. The minimum Gasteiger partial charge on any atom is -0.318 e. The molecule has 1 heterocycles. The maximum Gasteiger partial charge on any atom is 0.275 e. The lowest BCUT2D eigenvalue weighted by Crippen LogP contribution is -2.14. The average Bonchev–Trinajstić information content (AvgIpc) is 2.34. The number of anilines is 1. The minimum absolute atomic E-state index is 0.0238. The first-order valence-electron chi connectivity index (χ1n) is 4.80. The molecule has 1 aromatic heterocycles. The molecule has 92 valence electrons. The van der Waals surface area contributed by atoms with E-state index in [9.17, 15) is 9.18 Å². The molecule has 0 bridgehead atoms. The van der Waals surface area contributed by atoms with E-state index in [-0.39, 0.29) is 16.5 Å². The molecule has 4 nitrogen and oxygen atoms in total. The number of aromatic nitrogens is 2. The van der Waals surface area contributed by atoms with Crippen LogP contribution in [0.3, 0.4) is 0 Å². The zero-order valence-electron chi connectivity index (χ0n) is 8.82. The van der Waals surface area contributed by atoms with Crippen LogP contribution in [-0.2, 0) is 0 Å². The first kappa shape index (κ1) is 12.7. The first-order chi connectivity index (χ1) is 8.56. The molecule has 1 aromatic carbocycles. The molecule has 0 saturated heterocycles. The van der Waals surface area contributed by atoms with Crippen molar-refractivity contribution in [2.45, 2.75) is 0 Å². The van der Waals surface area contributed by atoms with E-state index in [2.05, 4.69) is 15.3 Å². The highest BCUT2D eigenvalue weighted by molar-refractivity contribution is 6.31. The van der Waals surface area contributed by atoms with Crippen molar-refractivity contribution in [2.75, 3.05) is 5.32 Å². The van der Waals surface area contributed by atoms with Crippen molar-refractivity contribution in [1.29, 1.82) is 0 Å². The van der Waals surface area contributed by atoms with Gasteiger partial charge in [0.15, 0.2) is 0 Å². The van der Waals surface area contributed by atoms with Crippen LogP contribution < -0.4 is 5.32 Å². The quantitative estimate of drug-likeness (QED) is 0.922. The Bertz CT molecular complexity index is 589. The summed E-state index contributed by atoms with van der Waals surface area (Å²) in [5.41, 5.74) is 0.00280. The van der Waals surface area contributed by atoms with Crippen molar-refractivity contribution < 1.29 is 9.18 Å². The molecule has 0 aliphatic carbocycles. The number of hydrogen-bond donors (Lipinski definition) is 1. The Kier molecular flexibility index (Phi) is 3.74. The Hall–Kier alpha value is -1.72. The maximum atomic E-state index is 13.4. The van der Waals surface area contributed by atoms with Crippen LogP contribution in [0.15, 0.2) is 30.6 Å². The van der Waals surface area contributed by atoms with Crippen LogP contribution in [0.4, 0.5) is 10.1 Å². The lowest BCUT2D eigenvalue weighted by molar-refractivity contribution is 0.102. The van der Waals surface area contributed by atoms with E-state index in [1.165, 1.54) is 24.5 Å². The first-order valence-corrected chi connectivity index (χ1v) is 5.56. The normalized spacial score (nSPS) is 10.2. The van der Waals surface area contributed by atoms with Crippen LogP contribution in [0, 0.1) is 5.82 Å². The lowest BCUT2D eigenvalue weighted by Gasteiger charge is -2.06. The molecule has 2 aromatic rings. The van der Waals surface area contributed by atoms with E-state index >= 15 is 0 Å². The number of halogens is 3. The van der Waals surface area contributed by atoms with E-state index in [1.54, 1.807) is 0 Å². The van der Waals surface area contributed by atoms with Crippen LogP contribution in [0.5, 0.6) is 0 Å². The van der Waals surface area contributed by atoms with Crippen LogP contribution in [0.1, 0.15) is 10.5 Å². The van der Waals surface area contributed by atoms with Crippen molar-refractivity contribution in [1.82, 2.24) is 9.97 Å². The SMILES string of the molecule is O=C(Nc1cc(Cl)ccc1F)c1cnc(Cl)cn1. The fraction of sp³-hybridized carbons (Fsp3) is 0. The summed E-state index contributed by atoms with van der Waals surface area (Å²) in [7, 11) is 0. The van der Waals surface area contributed by atoms with Crippen molar-refractivity contribution in [3.05, 3.63) is 52.3 Å². The van der Waals surface area contributed by atoms with Gasteiger partial charge >= 0.3 is 0 Å². The third-order valence-corrected chi connectivity index (χ3v) is 2.46. The molecule has 0 aliphatic rings. The van der Waals surface area contributed by atoms with E-state index in [4.69, 9.17) is 23.2 Å². The summed E-state index contributed by atoms with van der Waals surface area (Å²) in [6.07, 6.45) is 2.42. The Morgan fingerprint density at radius 3 is 2.67 bits per heavy atom. The summed E-state index contributed by atoms with van der Waals surface area (Å²) >= 11 is 11.2. The second-order valence-corrected chi connectivity index (χ2v) is 4.13. The van der Waals surface area contributed by atoms with Crippen molar-refractivity contribution in [3.63, 3.8) is 0 Å². The topological polar surface area (TPSA) is 54.9 Å². The number of nitrogens with one attached hydrogen (secondary N) is 1. The van der Waals surface area contributed by atoms with Crippen molar-refractivity contribution in [2.24, 2.45) is 0 Å². The van der Waals surface area contributed by atoms with Crippen LogP contribution in [0.2, 0.25) is 10.2 Å². The third-order valence-electron chi connectivity index (χ3n) is 2.03. The number of benzene rings is 1. The molecule has 0 spiro atoms. The molecule has 0 atom stereocenters. The maximum absolute atomic E-state index is 13.4. The van der Waals surface area contributed by atoms with Gasteiger partial charge in [-0.25, -0.2) is 14.4 Å². The molecule has 0 saturated carbocycles. The summed E-state index contributed by atoms with van der Waals surface area (Å²) in [5.74, 6) is -1.19. The Morgan fingerprint density at radius 2 is 2.00 bits per heavy atom. The molecule has 0 fully saturated rings. The highest BCUT2D eigenvalue weighted by atomic mass is 35.5. The third kappa shape index (κ3) is 2.94. The molecule has 0 aliphatic heterocycles. The fourth-order valence-electron chi connectivity index (χ4n) is 1.21. The van der Waals surface area contributed by atoms with E-state index in [1.807, 2.05) is 0 Å². The second kappa shape index (κ2) is 5.29. The van der Waals surface area contributed by atoms with Gasteiger partial charge < -0.3 is 5.32 Å². The lowest BCUT2D eigenvalue weighted by atomic mass is 10.3. The monoisotopic (exact) mass is 285 g/mol. The fourth-order valence-corrected chi connectivity index (χ4v) is 1.48. The molecular formula is C11H6Cl2FN3O. The summed E-state index contributed by atoms with van der Waals surface area (Å²) in [6, 6.07) is 3.85. The van der Waals surface area contributed by atoms with Crippen LogP contribution in [0.25, 0.3) is 0 Å². The van der Waals surface area contributed by atoms with Gasteiger partial charge in [-0.1, -0.05) is 23.2 Å². The van der Waals surface area contributed by atoms with Crippen LogP contribution >= 0.6 is 23.2 Å². The van der Waals surface area contributed by atoms with Crippen molar-refractivity contribution in [3.8, 4) is 0 Å². The van der Waals surface area contributed by atoms with Crippen molar-refractivity contribution >= 4 is 34.8 Å². The van der Waals surface area contributed by atoms with Gasteiger partial charge in [-0.3, -0.25) is 4.79 Å². The molecule has 7 heteroatoms. The summed E-state index contributed by atoms with van der Waals surface area (Å²) in [4.78, 5) is 19.2. The van der Waals surface area contributed by atoms with Gasteiger partial charge in [-0.2, -0.15) is 0 Å². The summed E-state index contributed by atoms with van der Waals surface area (Å²) in [6.45, 7) is 0. The average molecular weight is 286 g/mol. The number of carbonyl (C=O) groups excluding carboxylic acids is 1. The standard InChI is InChI=1S/C11H6Cl2FN3O/c12-6-1-2-7(14)8(3-6)17-11(18)9-4-16-10(13)5-15-9/h1-5H,(H,17,18). The van der Waals surface area contributed by atoms with Gasteiger partial charge in [0.1, 0.15) is 16.7 Å². The zero-order valence-corrected chi connectivity index (χ0v) is 10.3. The highest BCUT2D eigenvalue weighted by Gasteiger charge is 2.11. The van der Waals surface area contributed by atoms with E-state index in [0.717, 1.165) is 6.07 Å². The molecule has 2 rings (SSSR count). The zero-order chi connectivity index (χ0) is 13.1. The van der Waals surface area contributed by atoms with Gasteiger partial charge in [0.25, 0.3) is 5.91 Å². The van der Waals surface area contributed by atoms with Gasteiger partial charge in [-0.05, 0) is 18.2 Å². The molecule has 0 unspecified atom stereocenters. The predicted octanol–water partition coefficient (Wildman–Crippen LogP) is 3.17. The number of nitrogens with zero attached hydrogens (tertiary/aromatic N) is 2. The van der Waals surface area contributed by atoms with Crippen LogP contribution in [-0.4, -0.2) is 15.9 Å². The Balaban J connectivity index is 2.21. The van der Waals surface area contributed by atoms with E-state index in [0.29, 0.717) is 5.02 Å². The van der Waals surface area contributed by atoms with Gasteiger partial charge in [0.2, 0.25) is 0 Å². The molecule has 18 heavy (non-hydrogen) atoms. The van der Waals surface area contributed by atoms with Gasteiger partial charge in [-0.15, -0.1) is 0 Å². The number of carbonyl (C=O) groups is 1. The Labute approximate surface area is 112 Å². The number of rotatable bonds is 2. The predicted molar refractivity (Wildman–Crippen MR) is 66.4 cm³/mol. The smallest absolute Gasteiger partial charge is 0.275 e. The molecular weight excluding hydrogens is 280 g/mol. The molecule has 0 radical (unpaired) electrons. The summed E-state index contributed by atoms with van der Waals surface area (Å²) < 4.78 is 13.4. The largest absolute Gasteiger partial charge is 0.318 e. The molecule has 1 amide bonds. The number of hydrogen-bond acceptors (Lipinski definition) is 3. The number of amides is 1. The molecule has 1 N–H and O–H groups in total. The second-order valence-electron chi connectivity index (χ2n) is 3.30. The van der Waals surface area contributed by atoms with E-state index < -0.39 is 11.7 Å². The van der Waals surface area contributed by atoms with Gasteiger partial charge in [0, 0.05) is 5.02 Å². The minimum atomic E-state index is -0.597. The van der Waals surface area contributed by atoms with Gasteiger partial charge in [0.05, 0.1) is 18.1 Å².